The first-order valence-corrected chi connectivity index (χ1v) is 13.0. The monoisotopic (exact) mass is 555 g/mol. The molecule has 41 heavy (non-hydrogen) atoms. The predicted octanol–water partition coefficient (Wildman–Crippen LogP) is 4.70. The standard InChI is InChI=1S/C31H30N4O6/c36-29(37)16-17-32-31(39)41-22-35-18-6-7-24(20-35)19-33-30(38)34-26-14-12-23(13-15-26)21-40-28-11-5-4-10-27(28)25-8-2-1-3-9-25/h1-15,18,20H,16-17,19,21-22H2,(H3-,32,33,34,36,37,38,39)/p+1. The molecule has 10 heteroatoms. The van der Waals surface area contributed by atoms with Crippen molar-refractivity contribution in [2.24, 2.45) is 0 Å². The van der Waals surface area contributed by atoms with Crippen LogP contribution in [0.15, 0.2) is 103 Å². The summed E-state index contributed by atoms with van der Waals surface area (Å²) in [6.07, 6.45) is 2.54. The number of para-hydroxylation sites is 1. The van der Waals surface area contributed by atoms with Gasteiger partial charge in [0.25, 0.3) is 6.73 Å². The van der Waals surface area contributed by atoms with Crippen LogP contribution in [0.5, 0.6) is 5.75 Å². The molecule has 4 aromatic rings. The summed E-state index contributed by atoms with van der Waals surface area (Å²) in [4.78, 5) is 34.6. The number of benzene rings is 3. The maximum atomic E-state index is 12.4. The summed E-state index contributed by atoms with van der Waals surface area (Å²) in [5.74, 6) is -0.208. The summed E-state index contributed by atoms with van der Waals surface area (Å²) < 4.78 is 12.8. The molecule has 1 aromatic heterocycles. The Balaban J connectivity index is 1.21. The van der Waals surface area contributed by atoms with E-state index in [1.165, 1.54) is 0 Å². The largest absolute Gasteiger partial charge is 0.488 e. The van der Waals surface area contributed by atoms with Crippen LogP contribution in [-0.2, 0) is 29.4 Å². The molecular weight excluding hydrogens is 524 g/mol. The normalized spacial score (nSPS) is 10.3. The van der Waals surface area contributed by atoms with E-state index in [1.807, 2.05) is 84.9 Å². The first kappa shape index (κ1) is 28.6. The molecule has 3 amide bonds. The summed E-state index contributed by atoms with van der Waals surface area (Å²) >= 11 is 0. The van der Waals surface area contributed by atoms with Gasteiger partial charge in [-0.2, -0.15) is 4.57 Å². The molecule has 4 rings (SSSR count). The highest BCUT2D eigenvalue weighted by Crippen LogP contribution is 2.30. The number of aromatic nitrogens is 1. The lowest BCUT2D eigenvalue weighted by molar-refractivity contribution is -0.727. The molecule has 0 unspecified atom stereocenters. The molecule has 0 spiro atoms. The Bertz CT molecular complexity index is 1460. The van der Waals surface area contributed by atoms with Gasteiger partial charge in [0.15, 0.2) is 12.4 Å². The Morgan fingerprint density at radius 3 is 2.34 bits per heavy atom. The fraction of sp³-hybridized carbons (Fsp3) is 0.161. The highest BCUT2D eigenvalue weighted by molar-refractivity contribution is 5.89. The van der Waals surface area contributed by atoms with E-state index < -0.39 is 12.1 Å². The highest BCUT2D eigenvalue weighted by Gasteiger charge is 2.10. The van der Waals surface area contributed by atoms with E-state index in [-0.39, 0.29) is 32.3 Å². The second-order valence-corrected chi connectivity index (χ2v) is 9.01. The minimum atomic E-state index is -1.01. The van der Waals surface area contributed by atoms with E-state index in [0.717, 1.165) is 28.0 Å². The molecule has 0 saturated carbocycles. The van der Waals surface area contributed by atoms with E-state index in [1.54, 1.807) is 23.0 Å². The van der Waals surface area contributed by atoms with Crippen LogP contribution in [0.25, 0.3) is 11.1 Å². The molecule has 0 fully saturated rings. The number of nitrogens with zero attached hydrogens (tertiary/aromatic N) is 1. The number of anilines is 1. The number of pyridine rings is 1. The first-order chi connectivity index (χ1) is 20.0. The molecular formula is C31H31N4O6+. The van der Waals surface area contributed by atoms with Gasteiger partial charge in [-0.15, -0.1) is 0 Å². The zero-order chi connectivity index (χ0) is 28.9. The summed E-state index contributed by atoms with van der Waals surface area (Å²) in [7, 11) is 0. The lowest BCUT2D eigenvalue weighted by atomic mass is 10.0. The van der Waals surface area contributed by atoms with Gasteiger partial charge in [-0.25, -0.2) is 9.59 Å². The van der Waals surface area contributed by atoms with E-state index >= 15 is 0 Å². The van der Waals surface area contributed by atoms with Crippen molar-refractivity contribution >= 4 is 23.8 Å². The number of alkyl carbamates (subject to hydrolysis) is 1. The number of hydrogen-bond acceptors (Lipinski definition) is 5. The van der Waals surface area contributed by atoms with Gasteiger partial charge in [-0.05, 0) is 35.4 Å². The molecule has 0 radical (unpaired) electrons. The smallest absolute Gasteiger partial charge is 0.412 e. The van der Waals surface area contributed by atoms with E-state index in [4.69, 9.17) is 14.6 Å². The molecule has 0 aliphatic rings. The molecule has 0 atom stereocenters. The minimum absolute atomic E-state index is 0.0162. The number of carbonyl (C=O) groups excluding carboxylic acids is 2. The number of aliphatic carboxylic acids is 1. The quantitative estimate of drug-likeness (QED) is 0.188. The predicted molar refractivity (Wildman–Crippen MR) is 152 cm³/mol. The van der Waals surface area contributed by atoms with Crippen molar-refractivity contribution in [3.63, 3.8) is 0 Å². The molecule has 4 N–H and O–H groups in total. The molecule has 0 aliphatic heterocycles. The van der Waals surface area contributed by atoms with Gasteiger partial charge in [0.2, 0.25) is 0 Å². The average molecular weight is 556 g/mol. The van der Waals surface area contributed by atoms with Crippen molar-refractivity contribution < 1.29 is 33.5 Å². The Morgan fingerprint density at radius 1 is 0.805 bits per heavy atom. The summed E-state index contributed by atoms with van der Waals surface area (Å²) in [6, 6.07) is 28.7. The minimum Gasteiger partial charge on any atom is -0.488 e. The topological polar surface area (TPSA) is 130 Å². The molecule has 0 aliphatic carbocycles. The average Bonchev–Trinajstić information content (AvgIpc) is 2.99. The Hall–Kier alpha value is -5.38. The van der Waals surface area contributed by atoms with Crippen LogP contribution in [-0.4, -0.2) is 29.7 Å². The maximum Gasteiger partial charge on any atom is 0.412 e. The van der Waals surface area contributed by atoms with Gasteiger partial charge in [-0.3, -0.25) is 4.79 Å². The van der Waals surface area contributed by atoms with Crippen molar-refractivity contribution in [2.75, 3.05) is 11.9 Å². The number of carbonyl (C=O) groups is 3. The Labute approximate surface area is 237 Å². The Morgan fingerprint density at radius 2 is 1.56 bits per heavy atom. The van der Waals surface area contributed by atoms with Crippen LogP contribution in [0, 0.1) is 0 Å². The number of rotatable bonds is 12. The van der Waals surface area contributed by atoms with Crippen molar-refractivity contribution in [3.8, 4) is 16.9 Å². The van der Waals surface area contributed by atoms with Crippen LogP contribution >= 0.6 is 0 Å². The third-order valence-corrected chi connectivity index (χ3v) is 5.90. The van der Waals surface area contributed by atoms with E-state index in [2.05, 4.69) is 16.0 Å². The number of carboxylic acids is 1. The van der Waals surface area contributed by atoms with Crippen molar-refractivity contribution in [2.45, 2.75) is 26.3 Å². The molecule has 0 saturated heterocycles. The molecule has 3 aromatic carbocycles. The van der Waals surface area contributed by atoms with Gasteiger partial charge in [0.1, 0.15) is 12.4 Å². The van der Waals surface area contributed by atoms with Crippen LogP contribution in [0.1, 0.15) is 17.5 Å². The third-order valence-electron chi connectivity index (χ3n) is 5.90. The fourth-order valence-corrected chi connectivity index (χ4v) is 3.87. The number of amides is 3. The van der Waals surface area contributed by atoms with Crippen molar-refractivity contribution in [1.82, 2.24) is 10.6 Å². The number of hydrogen-bond donors (Lipinski definition) is 4. The van der Waals surface area contributed by atoms with E-state index in [9.17, 15) is 14.4 Å². The SMILES string of the molecule is O=C(O)CCNC(=O)OC[n+]1cccc(CNC(=O)Nc2ccc(COc3ccccc3-c3ccccc3)cc2)c1. The molecule has 210 valence electrons. The van der Waals surface area contributed by atoms with Crippen molar-refractivity contribution in [3.05, 3.63) is 115 Å². The fourth-order valence-electron chi connectivity index (χ4n) is 3.87. The van der Waals surface area contributed by atoms with Crippen LogP contribution in [0.2, 0.25) is 0 Å². The zero-order valence-corrected chi connectivity index (χ0v) is 22.3. The summed E-state index contributed by atoms with van der Waals surface area (Å²) in [6.45, 7) is 0.562. The van der Waals surface area contributed by atoms with Crippen LogP contribution in [0.4, 0.5) is 15.3 Å². The third kappa shape index (κ3) is 9.39. The van der Waals surface area contributed by atoms with Gasteiger partial charge in [0, 0.05) is 29.4 Å². The van der Waals surface area contributed by atoms with E-state index in [0.29, 0.717) is 12.3 Å². The van der Waals surface area contributed by atoms with Gasteiger partial charge < -0.3 is 30.5 Å². The molecule has 1 heterocycles. The lowest BCUT2D eigenvalue weighted by Crippen LogP contribution is -2.39. The number of carboxylic acid groups (broad SMARTS) is 1. The zero-order valence-electron chi connectivity index (χ0n) is 22.3. The number of ether oxygens (including phenoxy) is 2. The first-order valence-electron chi connectivity index (χ1n) is 13.0. The summed E-state index contributed by atoms with van der Waals surface area (Å²) in [5, 5.41) is 16.6. The maximum absolute atomic E-state index is 12.4. The molecule has 10 nitrogen and oxygen atoms in total. The number of nitrogens with one attached hydrogen (secondary N) is 3. The summed E-state index contributed by atoms with van der Waals surface area (Å²) in [5.41, 5.74) is 4.51. The Kier molecular flexibility index (Phi) is 10.3. The van der Waals surface area contributed by atoms with Gasteiger partial charge in [-0.1, -0.05) is 60.7 Å². The van der Waals surface area contributed by atoms with Crippen LogP contribution in [0.3, 0.4) is 0 Å². The molecule has 0 bridgehead atoms. The van der Waals surface area contributed by atoms with Crippen LogP contribution < -0.4 is 25.3 Å². The highest BCUT2D eigenvalue weighted by atomic mass is 16.6. The second kappa shape index (κ2) is 14.7. The van der Waals surface area contributed by atoms with Crippen molar-refractivity contribution in [1.29, 1.82) is 0 Å². The number of urea groups is 1. The lowest BCUT2D eigenvalue weighted by Gasteiger charge is -2.12. The van der Waals surface area contributed by atoms with Gasteiger partial charge in [0.05, 0.1) is 13.0 Å². The second-order valence-electron chi connectivity index (χ2n) is 9.01. The van der Waals surface area contributed by atoms with Gasteiger partial charge >= 0.3 is 18.1 Å².